The van der Waals surface area contributed by atoms with Gasteiger partial charge in [-0.25, -0.2) is 9.59 Å². The fourth-order valence-electron chi connectivity index (χ4n) is 4.15. The average Bonchev–Trinajstić information content (AvgIpc) is 2.65. The molecular weight excluding hydrogens is 398 g/mol. The molecule has 31 heavy (non-hydrogen) atoms. The van der Waals surface area contributed by atoms with Gasteiger partial charge in [0.1, 0.15) is 11.2 Å². The highest BCUT2D eigenvalue weighted by Gasteiger charge is 2.35. The van der Waals surface area contributed by atoms with E-state index in [0.717, 1.165) is 32.2 Å². The van der Waals surface area contributed by atoms with Crippen LogP contribution in [0.25, 0.3) is 0 Å². The Morgan fingerprint density at radius 2 is 1.45 bits per heavy atom. The molecule has 2 atom stereocenters. The van der Waals surface area contributed by atoms with E-state index in [-0.39, 0.29) is 29.9 Å². The molecule has 0 spiro atoms. The third-order valence-corrected chi connectivity index (χ3v) is 5.49. The number of piperidine rings is 2. The standard InChI is InChI=1S/C23H41N3O5/c1-22(2,3)30-20(28)24(7)14-17-10-8-12-25(15-17)19(27)18-11-9-13-26(16-18)21(29)31-23(4,5)6/h17-18H,8-16H2,1-7H3. The van der Waals surface area contributed by atoms with Crippen LogP contribution in [0.4, 0.5) is 9.59 Å². The molecule has 2 fully saturated rings. The number of carbonyl (C=O) groups excluding carboxylic acids is 3. The van der Waals surface area contributed by atoms with Crippen molar-refractivity contribution in [1.29, 1.82) is 0 Å². The Morgan fingerprint density at radius 1 is 0.871 bits per heavy atom. The summed E-state index contributed by atoms with van der Waals surface area (Å²) in [4.78, 5) is 43.1. The molecule has 0 N–H and O–H groups in total. The lowest BCUT2D eigenvalue weighted by Crippen LogP contribution is -2.51. The molecule has 8 nitrogen and oxygen atoms in total. The van der Waals surface area contributed by atoms with E-state index >= 15 is 0 Å². The molecule has 0 saturated carbocycles. The minimum Gasteiger partial charge on any atom is -0.444 e. The Hall–Kier alpha value is -1.99. The highest BCUT2D eigenvalue weighted by atomic mass is 16.6. The second kappa shape index (κ2) is 10.1. The van der Waals surface area contributed by atoms with Gasteiger partial charge in [-0.1, -0.05) is 0 Å². The zero-order chi connectivity index (χ0) is 23.4. The molecule has 2 aliphatic heterocycles. The first kappa shape index (κ1) is 25.3. The molecule has 2 heterocycles. The summed E-state index contributed by atoms with van der Waals surface area (Å²) in [5.41, 5.74) is -1.07. The third kappa shape index (κ3) is 8.22. The van der Waals surface area contributed by atoms with Crippen molar-refractivity contribution in [3.05, 3.63) is 0 Å². The van der Waals surface area contributed by atoms with Gasteiger partial charge in [0.15, 0.2) is 0 Å². The summed E-state index contributed by atoms with van der Waals surface area (Å²) in [5.74, 6) is 0.141. The summed E-state index contributed by atoms with van der Waals surface area (Å²) in [5, 5.41) is 0. The molecule has 3 amide bonds. The molecule has 2 aliphatic rings. The van der Waals surface area contributed by atoms with Crippen LogP contribution in [-0.4, -0.2) is 83.8 Å². The van der Waals surface area contributed by atoms with Crippen molar-refractivity contribution in [2.45, 2.75) is 78.4 Å². The maximum Gasteiger partial charge on any atom is 0.410 e. The molecule has 0 aromatic rings. The van der Waals surface area contributed by atoms with Crippen molar-refractivity contribution in [2.75, 3.05) is 39.8 Å². The van der Waals surface area contributed by atoms with Crippen LogP contribution < -0.4 is 0 Å². The lowest BCUT2D eigenvalue weighted by Gasteiger charge is -2.39. The van der Waals surface area contributed by atoms with Gasteiger partial charge in [0.25, 0.3) is 0 Å². The lowest BCUT2D eigenvalue weighted by molar-refractivity contribution is -0.139. The van der Waals surface area contributed by atoms with Crippen LogP contribution in [0.1, 0.15) is 67.2 Å². The first-order valence-corrected chi connectivity index (χ1v) is 11.5. The summed E-state index contributed by atoms with van der Waals surface area (Å²) in [6.45, 7) is 14.1. The fraction of sp³-hybridized carbons (Fsp3) is 0.870. The molecule has 0 bridgehead atoms. The van der Waals surface area contributed by atoms with Crippen molar-refractivity contribution in [2.24, 2.45) is 11.8 Å². The van der Waals surface area contributed by atoms with E-state index in [4.69, 9.17) is 9.47 Å². The number of ether oxygens (including phenoxy) is 2. The van der Waals surface area contributed by atoms with E-state index < -0.39 is 11.2 Å². The zero-order valence-corrected chi connectivity index (χ0v) is 20.4. The maximum absolute atomic E-state index is 13.2. The van der Waals surface area contributed by atoms with Crippen LogP contribution in [0.3, 0.4) is 0 Å². The Kier molecular flexibility index (Phi) is 8.22. The normalized spacial score (nSPS) is 22.7. The van der Waals surface area contributed by atoms with E-state index in [0.29, 0.717) is 26.2 Å². The number of nitrogens with zero attached hydrogens (tertiary/aromatic N) is 3. The third-order valence-electron chi connectivity index (χ3n) is 5.49. The summed E-state index contributed by atoms with van der Waals surface area (Å²) >= 11 is 0. The van der Waals surface area contributed by atoms with Crippen molar-refractivity contribution in [3.63, 3.8) is 0 Å². The molecule has 0 aromatic carbocycles. The first-order valence-electron chi connectivity index (χ1n) is 11.5. The van der Waals surface area contributed by atoms with E-state index in [1.165, 1.54) is 0 Å². The van der Waals surface area contributed by atoms with Gasteiger partial charge in [-0.15, -0.1) is 0 Å². The number of rotatable bonds is 3. The number of likely N-dealkylation sites (tertiary alicyclic amines) is 2. The van der Waals surface area contributed by atoms with Crippen LogP contribution in [0.15, 0.2) is 0 Å². The van der Waals surface area contributed by atoms with Gasteiger partial charge in [0.05, 0.1) is 5.92 Å². The van der Waals surface area contributed by atoms with Crippen LogP contribution in [0.5, 0.6) is 0 Å². The van der Waals surface area contributed by atoms with E-state index in [1.807, 2.05) is 46.4 Å². The predicted molar refractivity (Wildman–Crippen MR) is 119 cm³/mol. The second-order valence-corrected chi connectivity index (χ2v) is 10.9. The van der Waals surface area contributed by atoms with Gasteiger partial charge in [0, 0.05) is 39.8 Å². The average molecular weight is 440 g/mol. The Labute approximate surface area is 187 Å². The molecular formula is C23H41N3O5. The molecule has 8 heteroatoms. The Morgan fingerprint density at radius 3 is 2.06 bits per heavy atom. The summed E-state index contributed by atoms with van der Waals surface area (Å²) in [7, 11) is 1.74. The highest BCUT2D eigenvalue weighted by molar-refractivity contribution is 5.80. The minimum absolute atomic E-state index is 0.109. The Bertz CT molecular complexity index is 653. The van der Waals surface area contributed by atoms with Crippen molar-refractivity contribution in [1.82, 2.24) is 14.7 Å². The van der Waals surface area contributed by atoms with Gasteiger partial charge >= 0.3 is 12.2 Å². The predicted octanol–water partition coefficient (Wildman–Crippen LogP) is 3.74. The van der Waals surface area contributed by atoms with Crippen LogP contribution >= 0.6 is 0 Å². The quantitative estimate of drug-likeness (QED) is 0.669. The lowest BCUT2D eigenvalue weighted by atomic mass is 9.93. The SMILES string of the molecule is CN(CC1CCCN(C(=O)C2CCCN(C(=O)OC(C)(C)C)C2)C1)C(=O)OC(C)(C)C. The molecule has 2 rings (SSSR count). The molecule has 0 aliphatic carbocycles. The van der Waals surface area contributed by atoms with E-state index in [9.17, 15) is 14.4 Å². The van der Waals surface area contributed by atoms with E-state index in [2.05, 4.69) is 0 Å². The monoisotopic (exact) mass is 439 g/mol. The molecule has 0 radical (unpaired) electrons. The van der Waals surface area contributed by atoms with E-state index in [1.54, 1.807) is 16.8 Å². The van der Waals surface area contributed by atoms with Crippen LogP contribution in [-0.2, 0) is 14.3 Å². The number of amides is 3. The second-order valence-electron chi connectivity index (χ2n) is 10.9. The van der Waals surface area contributed by atoms with Crippen LogP contribution in [0.2, 0.25) is 0 Å². The van der Waals surface area contributed by atoms with Crippen molar-refractivity contribution in [3.8, 4) is 0 Å². The number of hydrogen-bond acceptors (Lipinski definition) is 5. The first-order chi connectivity index (χ1) is 14.2. The van der Waals surface area contributed by atoms with Gasteiger partial charge in [-0.05, 0) is 73.1 Å². The highest BCUT2D eigenvalue weighted by Crippen LogP contribution is 2.25. The fourth-order valence-corrected chi connectivity index (χ4v) is 4.15. The van der Waals surface area contributed by atoms with Crippen molar-refractivity contribution >= 4 is 18.1 Å². The summed E-state index contributed by atoms with van der Waals surface area (Å²) < 4.78 is 10.9. The molecule has 0 aromatic heterocycles. The van der Waals surface area contributed by atoms with Gasteiger partial charge in [-0.2, -0.15) is 0 Å². The largest absolute Gasteiger partial charge is 0.444 e. The summed E-state index contributed by atoms with van der Waals surface area (Å²) in [6, 6.07) is 0. The minimum atomic E-state index is -0.547. The van der Waals surface area contributed by atoms with Gasteiger partial charge in [0.2, 0.25) is 5.91 Å². The van der Waals surface area contributed by atoms with Crippen molar-refractivity contribution < 1.29 is 23.9 Å². The molecule has 2 saturated heterocycles. The Balaban J connectivity index is 1.90. The number of hydrogen-bond donors (Lipinski definition) is 0. The molecule has 178 valence electrons. The molecule has 2 unspecified atom stereocenters. The number of carbonyl (C=O) groups is 3. The maximum atomic E-state index is 13.2. The summed E-state index contributed by atoms with van der Waals surface area (Å²) in [6.07, 6.45) is 2.80. The topological polar surface area (TPSA) is 79.4 Å². The zero-order valence-electron chi connectivity index (χ0n) is 20.4. The van der Waals surface area contributed by atoms with Gasteiger partial charge in [-0.3, -0.25) is 4.79 Å². The smallest absolute Gasteiger partial charge is 0.410 e. The van der Waals surface area contributed by atoms with Crippen LogP contribution in [0, 0.1) is 11.8 Å². The van der Waals surface area contributed by atoms with Gasteiger partial charge < -0.3 is 24.2 Å².